The largest absolute Gasteiger partial charge is 0.390 e. The van der Waals surface area contributed by atoms with E-state index in [0.717, 1.165) is 12.8 Å². The fraction of sp³-hybridized carbons (Fsp3) is 0.379. The SMILES string of the molecule is CC(C)(C)C(=O)NC1(C(=O)N2CCC(=C3c4ccccc4C=Cc4ccccc43)CC2)CC1O. The second-order valence-electron chi connectivity index (χ2n) is 10.7. The van der Waals surface area contributed by atoms with Gasteiger partial charge in [-0.3, -0.25) is 9.59 Å². The number of aliphatic hydroxyl groups excluding tert-OH is 1. The van der Waals surface area contributed by atoms with Gasteiger partial charge in [0.1, 0.15) is 5.54 Å². The quantitative estimate of drug-likeness (QED) is 0.605. The number of fused-ring (bicyclic) bond motifs is 2. The number of likely N-dealkylation sites (tertiary alicyclic amines) is 1. The molecule has 1 aliphatic heterocycles. The summed E-state index contributed by atoms with van der Waals surface area (Å²) in [5, 5.41) is 13.2. The highest BCUT2D eigenvalue weighted by molar-refractivity contribution is 5.97. The molecule has 5 nitrogen and oxygen atoms in total. The normalized spacial score (nSPS) is 23.6. The molecule has 5 rings (SSSR count). The number of amides is 2. The van der Waals surface area contributed by atoms with Crippen molar-refractivity contribution >= 4 is 29.5 Å². The van der Waals surface area contributed by atoms with Gasteiger partial charge in [0.15, 0.2) is 0 Å². The molecule has 2 amide bonds. The fourth-order valence-corrected chi connectivity index (χ4v) is 5.01. The van der Waals surface area contributed by atoms with E-state index < -0.39 is 17.1 Å². The monoisotopic (exact) mass is 456 g/mol. The van der Waals surface area contributed by atoms with Crippen LogP contribution in [0.15, 0.2) is 54.1 Å². The van der Waals surface area contributed by atoms with Gasteiger partial charge in [0, 0.05) is 24.9 Å². The molecule has 2 unspecified atom stereocenters. The van der Waals surface area contributed by atoms with Crippen LogP contribution >= 0.6 is 0 Å². The van der Waals surface area contributed by atoms with Crippen LogP contribution in [0.3, 0.4) is 0 Å². The second kappa shape index (κ2) is 8.24. The van der Waals surface area contributed by atoms with Gasteiger partial charge in [-0.25, -0.2) is 0 Å². The Kier molecular flexibility index (Phi) is 5.48. The number of carbonyl (C=O) groups excluding carboxylic acids is 2. The van der Waals surface area contributed by atoms with E-state index in [0.29, 0.717) is 13.1 Å². The Morgan fingerprint density at radius 3 is 1.91 bits per heavy atom. The first-order valence-electron chi connectivity index (χ1n) is 12.1. The molecule has 34 heavy (non-hydrogen) atoms. The summed E-state index contributed by atoms with van der Waals surface area (Å²) >= 11 is 0. The van der Waals surface area contributed by atoms with E-state index in [4.69, 9.17) is 0 Å². The van der Waals surface area contributed by atoms with Crippen molar-refractivity contribution in [3.8, 4) is 0 Å². The molecule has 2 aliphatic carbocycles. The summed E-state index contributed by atoms with van der Waals surface area (Å²) in [5.41, 5.74) is 5.68. The molecule has 1 saturated carbocycles. The molecule has 2 aromatic rings. The smallest absolute Gasteiger partial charge is 0.251 e. The summed E-state index contributed by atoms with van der Waals surface area (Å²) < 4.78 is 0. The van der Waals surface area contributed by atoms with Crippen molar-refractivity contribution in [3.05, 3.63) is 76.4 Å². The molecule has 0 radical (unpaired) electrons. The van der Waals surface area contributed by atoms with Gasteiger partial charge in [-0.2, -0.15) is 0 Å². The number of hydrogen-bond donors (Lipinski definition) is 2. The van der Waals surface area contributed by atoms with Gasteiger partial charge in [0.2, 0.25) is 5.91 Å². The summed E-state index contributed by atoms with van der Waals surface area (Å²) in [6.45, 7) is 6.59. The van der Waals surface area contributed by atoms with Crippen LogP contribution in [-0.4, -0.2) is 46.6 Å². The molecule has 1 saturated heterocycles. The summed E-state index contributed by atoms with van der Waals surface area (Å²) in [6.07, 6.45) is 5.35. The maximum Gasteiger partial charge on any atom is 0.251 e. The number of nitrogens with zero attached hydrogens (tertiary/aromatic N) is 1. The lowest BCUT2D eigenvalue weighted by atomic mass is 9.86. The highest BCUT2D eigenvalue weighted by Gasteiger charge is 2.62. The maximum atomic E-state index is 13.4. The van der Waals surface area contributed by atoms with Crippen LogP contribution in [-0.2, 0) is 9.59 Å². The Morgan fingerprint density at radius 2 is 1.44 bits per heavy atom. The molecule has 3 aliphatic rings. The number of carbonyl (C=O) groups is 2. The van der Waals surface area contributed by atoms with Crippen molar-refractivity contribution in [1.29, 1.82) is 0 Å². The predicted octanol–water partition coefficient (Wildman–Crippen LogP) is 4.26. The van der Waals surface area contributed by atoms with Crippen molar-refractivity contribution in [2.24, 2.45) is 5.41 Å². The topological polar surface area (TPSA) is 69.6 Å². The third-order valence-electron chi connectivity index (χ3n) is 7.23. The van der Waals surface area contributed by atoms with Crippen LogP contribution in [0.2, 0.25) is 0 Å². The van der Waals surface area contributed by atoms with Gasteiger partial charge in [-0.05, 0) is 40.7 Å². The van der Waals surface area contributed by atoms with Crippen LogP contribution in [0.5, 0.6) is 0 Å². The number of aliphatic hydroxyl groups is 1. The predicted molar refractivity (Wildman–Crippen MR) is 135 cm³/mol. The van der Waals surface area contributed by atoms with E-state index in [2.05, 4.69) is 66.0 Å². The lowest BCUT2D eigenvalue weighted by Crippen LogP contribution is -2.56. The lowest BCUT2D eigenvalue weighted by Gasteiger charge is -2.34. The molecule has 2 N–H and O–H groups in total. The van der Waals surface area contributed by atoms with Crippen LogP contribution in [0.25, 0.3) is 17.7 Å². The van der Waals surface area contributed by atoms with Crippen LogP contribution in [0, 0.1) is 5.41 Å². The minimum Gasteiger partial charge on any atom is -0.390 e. The van der Waals surface area contributed by atoms with Gasteiger partial charge < -0.3 is 15.3 Å². The van der Waals surface area contributed by atoms with E-state index in [1.807, 2.05) is 25.7 Å². The lowest BCUT2D eigenvalue weighted by molar-refractivity contribution is -0.141. The zero-order chi connectivity index (χ0) is 24.1. The third-order valence-corrected chi connectivity index (χ3v) is 7.23. The summed E-state index contributed by atoms with van der Waals surface area (Å²) in [6, 6.07) is 16.9. The molecule has 0 spiro atoms. The average Bonchev–Trinajstić information content (AvgIpc) is 3.52. The van der Waals surface area contributed by atoms with Gasteiger partial charge in [-0.1, -0.05) is 87.0 Å². The van der Waals surface area contributed by atoms with Crippen LogP contribution < -0.4 is 5.32 Å². The molecule has 2 atom stereocenters. The second-order valence-corrected chi connectivity index (χ2v) is 10.7. The van der Waals surface area contributed by atoms with Crippen molar-refractivity contribution in [3.63, 3.8) is 0 Å². The number of benzene rings is 2. The standard InChI is InChI=1S/C29H32N2O3/c1-28(2,3)26(33)30-29(18-24(29)32)27(34)31-16-14-21(15-17-31)25-22-10-6-4-8-19(22)12-13-20-9-5-7-11-23(20)25/h4-13,24,32H,14-18H2,1-3H3,(H,30,33). The average molecular weight is 457 g/mol. The Bertz CT molecular complexity index is 1160. The number of rotatable bonds is 2. The Balaban J connectivity index is 1.42. The minimum absolute atomic E-state index is 0.162. The van der Waals surface area contributed by atoms with E-state index >= 15 is 0 Å². The summed E-state index contributed by atoms with van der Waals surface area (Å²) in [4.78, 5) is 27.8. The van der Waals surface area contributed by atoms with E-state index in [-0.39, 0.29) is 18.2 Å². The molecule has 1 heterocycles. The first kappa shape index (κ1) is 22.6. The van der Waals surface area contributed by atoms with Crippen LogP contribution in [0.1, 0.15) is 62.3 Å². The van der Waals surface area contributed by atoms with E-state index in [1.165, 1.54) is 33.4 Å². The Hall–Kier alpha value is -3.18. The third kappa shape index (κ3) is 3.88. The molecule has 0 bridgehead atoms. The molecule has 5 heteroatoms. The van der Waals surface area contributed by atoms with Gasteiger partial charge >= 0.3 is 0 Å². The number of piperidine rings is 1. The van der Waals surface area contributed by atoms with Crippen molar-refractivity contribution < 1.29 is 14.7 Å². The molecule has 0 aromatic heterocycles. The zero-order valence-electron chi connectivity index (χ0n) is 20.1. The molecular weight excluding hydrogens is 424 g/mol. The Labute approximate surface area is 201 Å². The zero-order valence-corrected chi connectivity index (χ0v) is 20.1. The molecule has 176 valence electrons. The first-order valence-corrected chi connectivity index (χ1v) is 12.1. The number of nitrogens with one attached hydrogen (secondary N) is 1. The summed E-state index contributed by atoms with van der Waals surface area (Å²) in [7, 11) is 0. The minimum atomic E-state index is -1.17. The van der Waals surface area contributed by atoms with Crippen molar-refractivity contribution in [2.75, 3.05) is 13.1 Å². The van der Waals surface area contributed by atoms with Crippen molar-refractivity contribution in [1.82, 2.24) is 10.2 Å². The summed E-state index contributed by atoms with van der Waals surface area (Å²) in [5.74, 6) is -0.374. The Morgan fingerprint density at radius 1 is 0.941 bits per heavy atom. The fourth-order valence-electron chi connectivity index (χ4n) is 5.01. The first-order chi connectivity index (χ1) is 16.2. The number of hydrogen-bond acceptors (Lipinski definition) is 3. The van der Waals surface area contributed by atoms with E-state index in [9.17, 15) is 14.7 Å². The molecular formula is C29H32N2O3. The van der Waals surface area contributed by atoms with Gasteiger partial charge in [0.05, 0.1) is 6.10 Å². The maximum absolute atomic E-state index is 13.4. The molecule has 2 aromatic carbocycles. The van der Waals surface area contributed by atoms with Crippen LogP contribution in [0.4, 0.5) is 0 Å². The van der Waals surface area contributed by atoms with Gasteiger partial charge in [0.25, 0.3) is 5.91 Å². The van der Waals surface area contributed by atoms with Gasteiger partial charge in [-0.15, -0.1) is 0 Å². The van der Waals surface area contributed by atoms with E-state index in [1.54, 1.807) is 0 Å². The highest BCUT2D eigenvalue weighted by atomic mass is 16.3. The van der Waals surface area contributed by atoms with Crippen molar-refractivity contribution in [2.45, 2.75) is 51.7 Å². The highest BCUT2D eigenvalue weighted by Crippen LogP contribution is 2.42. The molecule has 2 fully saturated rings.